The molecular weight excluding hydrogens is 286 g/mol. The molecule has 2 aromatic rings. The molecule has 0 atom stereocenters. The van der Waals surface area contributed by atoms with Gasteiger partial charge in [0.05, 0.1) is 17.4 Å². The summed E-state index contributed by atoms with van der Waals surface area (Å²) in [7, 11) is 0. The summed E-state index contributed by atoms with van der Waals surface area (Å²) >= 11 is 5.84. The molecule has 0 aliphatic rings. The fourth-order valence-electron chi connectivity index (χ4n) is 1.99. The molecule has 0 unspecified atom stereocenters. The number of amides is 1. The van der Waals surface area contributed by atoms with Gasteiger partial charge in [0.1, 0.15) is 0 Å². The number of carbonyl (C=O) groups excluding carboxylic acids is 1. The molecule has 5 heteroatoms. The predicted molar refractivity (Wildman–Crippen MR) is 85.9 cm³/mol. The minimum Gasteiger partial charge on any atom is -0.383 e. The van der Waals surface area contributed by atoms with Gasteiger partial charge in [-0.3, -0.25) is 9.78 Å². The van der Waals surface area contributed by atoms with Gasteiger partial charge in [-0.2, -0.15) is 0 Å². The molecule has 0 bridgehead atoms. The number of carbonyl (C=O) groups is 1. The molecule has 1 heterocycles. The smallest absolute Gasteiger partial charge is 0.253 e. The molecule has 110 valence electrons. The highest BCUT2D eigenvalue weighted by atomic mass is 35.5. The topological polar surface area (TPSA) is 54.0 Å². The number of halogens is 1. The lowest BCUT2D eigenvalue weighted by molar-refractivity contribution is 0.0955. The van der Waals surface area contributed by atoms with Gasteiger partial charge in [-0.1, -0.05) is 23.7 Å². The van der Waals surface area contributed by atoms with E-state index in [2.05, 4.69) is 15.6 Å². The lowest BCUT2D eigenvalue weighted by Crippen LogP contribution is -2.26. The van der Waals surface area contributed by atoms with E-state index in [0.29, 0.717) is 12.1 Å². The number of hydrogen-bond donors (Lipinski definition) is 2. The Kier molecular flexibility index (Phi) is 5.58. The number of pyridine rings is 1. The zero-order valence-corrected chi connectivity index (χ0v) is 12.7. The maximum Gasteiger partial charge on any atom is 0.253 e. The number of anilines is 1. The normalized spacial score (nSPS) is 10.2. The quantitative estimate of drug-likeness (QED) is 0.862. The van der Waals surface area contributed by atoms with Crippen molar-refractivity contribution in [2.45, 2.75) is 13.3 Å². The number of benzene rings is 1. The SMILES string of the molecule is CCNc1cnccc1C(=O)NCCc1ccc(Cl)cc1. The van der Waals surface area contributed by atoms with Crippen molar-refractivity contribution >= 4 is 23.2 Å². The summed E-state index contributed by atoms with van der Waals surface area (Å²) in [6.45, 7) is 3.31. The van der Waals surface area contributed by atoms with Crippen LogP contribution in [0.2, 0.25) is 5.02 Å². The molecule has 1 aromatic carbocycles. The van der Waals surface area contributed by atoms with Crippen molar-refractivity contribution in [1.82, 2.24) is 10.3 Å². The van der Waals surface area contributed by atoms with Gasteiger partial charge in [0, 0.05) is 24.3 Å². The molecule has 0 fully saturated rings. The van der Waals surface area contributed by atoms with E-state index in [-0.39, 0.29) is 5.91 Å². The van der Waals surface area contributed by atoms with Crippen molar-refractivity contribution in [2.75, 3.05) is 18.4 Å². The fourth-order valence-corrected chi connectivity index (χ4v) is 2.12. The van der Waals surface area contributed by atoms with E-state index >= 15 is 0 Å². The predicted octanol–water partition coefficient (Wildman–Crippen LogP) is 3.14. The maximum atomic E-state index is 12.2. The Morgan fingerprint density at radius 3 is 2.71 bits per heavy atom. The molecule has 0 saturated carbocycles. The van der Waals surface area contributed by atoms with Crippen molar-refractivity contribution in [3.8, 4) is 0 Å². The Labute approximate surface area is 129 Å². The second kappa shape index (κ2) is 7.64. The summed E-state index contributed by atoms with van der Waals surface area (Å²) in [6, 6.07) is 9.35. The average Bonchev–Trinajstić information content (AvgIpc) is 2.50. The minimum atomic E-state index is -0.0951. The zero-order valence-electron chi connectivity index (χ0n) is 11.9. The lowest BCUT2D eigenvalue weighted by Gasteiger charge is -2.10. The van der Waals surface area contributed by atoms with Crippen LogP contribution < -0.4 is 10.6 Å². The molecular formula is C16H18ClN3O. The van der Waals surface area contributed by atoms with Crippen LogP contribution in [0.25, 0.3) is 0 Å². The highest BCUT2D eigenvalue weighted by Gasteiger charge is 2.10. The third-order valence-electron chi connectivity index (χ3n) is 3.05. The van der Waals surface area contributed by atoms with Crippen molar-refractivity contribution in [2.24, 2.45) is 0 Å². The Morgan fingerprint density at radius 1 is 1.24 bits per heavy atom. The van der Waals surface area contributed by atoms with Crippen LogP contribution in [0.5, 0.6) is 0 Å². The Hall–Kier alpha value is -2.07. The first-order valence-electron chi connectivity index (χ1n) is 6.91. The summed E-state index contributed by atoms with van der Waals surface area (Å²) in [5, 5.41) is 6.77. The van der Waals surface area contributed by atoms with Gasteiger partial charge in [-0.05, 0) is 37.1 Å². The molecule has 0 saturated heterocycles. The second-order valence-electron chi connectivity index (χ2n) is 4.58. The Bertz CT molecular complexity index is 599. The van der Waals surface area contributed by atoms with E-state index in [1.165, 1.54) is 0 Å². The molecule has 0 aliphatic heterocycles. The number of rotatable bonds is 6. The van der Waals surface area contributed by atoms with Gasteiger partial charge < -0.3 is 10.6 Å². The van der Waals surface area contributed by atoms with Gasteiger partial charge >= 0.3 is 0 Å². The number of nitrogens with zero attached hydrogens (tertiary/aromatic N) is 1. The van der Waals surface area contributed by atoms with Crippen LogP contribution in [-0.2, 0) is 6.42 Å². The highest BCUT2D eigenvalue weighted by molar-refractivity contribution is 6.30. The Balaban J connectivity index is 1.91. The van der Waals surface area contributed by atoms with Crippen LogP contribution in [0.3, 0.4) is 0 Å². The second-order valence-corrected chi connectivity index (χ2v) is 5.02. The number of hydrogen-bond acceptors (Lipinski definition) is 3. The summed E-state index contributed by atoms with van der Waals surface area (Å²) in [6.07, 6.45) is 4.05. The van der Waals surface area contributed by atoms with E-state index in [1.807, 2.05) is 31.2 Å². The number of aromatic nitrogens is 1. The van der Waals surface area contributed by atoms with Crippen molar-refractivity contribution < 1.29 is 4.79 Å². The van der Waals surface area contributed by atoms with Crippen LogP contribution >= 0.6 is 11.6 Å². The first-order valence-corrected chi connectivity index (χ1v) is 7.29. The van der Waals surface area contributed by atoms with Crippen LogP contribution in [0.15, 0.2) is 42.7 Å². The van der Waals surface area contributed by atoms with Crippen LogP contribution in [0.1, 0.15) is 22.8 Å². The third kappa shape index (κ3) is 4.46. The lowest BCUT2D eigenvalue weighted by atomic mass is 10.1. The summed E-state index contributed by atoms with van der Waals surface area (Å²) in [4.78, 5) is 16.2. The first-order chi connectivity index (χ1) is 10.2. The molecule has 2 rings (SSSR count). The fraction of sp³-hybridized carbons (Fsp3) is 0.250. The van der Waals surface area contributed by atoms with Crippen LogP contribution in [-0.4, -0.2) is 24.0 Å². The molecule has 0 spiro atoms. The van der Waals surface area contributed by atoms with E-state index in [1.54, 1.807) is 18.5 Å². The van der Waals surface area contributed by atoms with Gasteiger partial charge in [0.2, 0.25) is 0 Å². The van der Waals surface area contributed by atoms with Gasteiger partial charge in [-0.25, -0.2) is 0 Å². The highest BCUT2D eigenvalue weighted by Crippen LogP contribution is 2.13. The van der Waals surface area contributed by atoms with Crippen molar-refractivity contribution in [3.05, 3.63) is 58.9 Å². The zero-order chi connectivity index (χ0) is 15.1. The van der Waals surface area contributed by atoms with Crippen molar-refractivity contribution in [1.29, 1.82) is 0 Å². The Morgan fingerprint density at radius 2 is 2.00 bits per heavy atom. The summed E-state index contributed by atoms with van der Waals surface area (Å²) < 4.78 is 0. The molecule has 1 amide bonds. The van der Waals surface area contributed by atoms with Crippen LogP contribution in [0.4, 0.5) is 5.69 Å². The third-order valence-corrected chi connectivity index (χ3v) is 3.30. The molecule has 0 aliphatic carbocycles. The maximum absolute atomic E-state index is 12.2. The summed E-state index contributed by atoms with van der Waals surface area (Å²) in [5.74, 6) is -0.0951. The standard InChI is InChI=1S/C16H18ClN3O/c1-2-19-15-11-18-9-8-14(15)16(21)20-10-7-12-3-5-13(17)6-4-12/h3-6,8-9,11,19H,2,7,10H2,1H3,(H,20,21). The van der Waals surface area contributed by atoms with Gasteiger partial charge in [0.25, 0.3) is 5.91 Å². The van der Waals surface area contributed by atoms with Gasteiger partial charge in [-0.15, -0.1) is 0 Å². The largest absolute Gasteiger partial charge is 0.383 e. The molecule has 2 N–H and O–H groups in total. The van der Waals surface area contributed by atoms with E-state index in [0.717, 1.165) is 29.2 Å². The van der Waals surface area contributed by atoms with Crippen LogP contribution in [0, 0.1) is 0 Å². The van der Waals surface area contributed by atoms with E-state index in [9.17, 15) is 4.79 Å². The summed E-state index contributed by atoms with van der Waals surface area (Å²) in [5.41, 5.74) is 2.51. The van der Waals surface area contributed by atoms with E-state index in [4.69, 9.17) is 11.6 Å². The minimum absolute atomic E-state index is 0.0951. The van der Waals surface area contributed by atoms with Gasteiger partial charge in [0.15, 0.2) is 0 Å². The molecule has 21 heavy (non-hydrogen) atoms. The average molecular weight is 304 g/mol. The monoisotopic (exact) mass is 303 g/mol. The molecule has 1 aromatic heterocycles. The first kappa shape index (κ1) is 15.3. The van der Waals surface area contributed by atoms with Crippen molar-refractivity contribution in [3.63, 3.8) is 0 Å². The molecule has 0 radical (unpaired) electrons. The molecule has 4 nitrogen and oxygen atoms in total. The van der Waals surface area contributed by atoms with E-state index < -0.39 is 0 Å². The number of nitrogens with one attached hydrogen (secondary N) is 2.